The summed E-state index contributed by atoms with van der Waals surface area (Å²) in [7, 11) is 0. The van der Waals surface area contributed by atoms with Crippen LogP contribution >= 0.6 is 0 Å². The molecule has 2 aromatic carbocycles. The molecule has 0 saturated carbocycles. The maximum Gasteiger partial charge on any atom is 0.321 e. The number of urea groups is 1. The van der Waals surface area contributed by atoms with E-state index in [2.05, 4.69) is 20.6 Å². The lowest BCUT2D eigenvalue weighted by Crippen LogP contribution is -2.29. The van der Waals surface area contributed by atoms with Gasteiger partial charge in [-0.05, 0) is 30.7 Å². The van der Waals surface area contributed by atoms with Crippen molar-refractivity contribution in [1.82, 2.24) is 20.6 Å². The van der Waals surface area contributed by atoms with E-state index in [1.807, 2.05) is 43.3 Å². The molecule has 1 atom stereocenters. The first-order valence-corrected chi connectivity index (χ1v) is 9.18. The molecule has 0 spiro atoms. The second-order valence-corrected chi connectivity index (χ2v) is 6.68. The van der Waals surface area contributed by atoms with E-state index >= 15 is 0 Å². The van der Waals surface area contributed by atoms with E-state index in [9.17, 15) is 9.59 Å². The van der Waals surface area contributed by atoms with E-state index in [0.29, 0.717) is 30.2 Å². The molecule has 3 amide bonds. The van der Waals surface area contributed by atoms with Crippen molar-refractivity contribution in [2.24, 2.45) is 0 Å². The highest BCUT2D eigenvalue weighted by atomic mass is 16.2. The van der Waals surface area contributed by atoms with Gasteiger partial charge in [0.15, 0.2) is 0 Å². The molecule has 28 heavy (non-hydrogen) atoms. The lowest BCUT2D eigenvalue weighted by Gasteiger charge is -2.16. The summed E-state index contributed by atoms with van der Waals surface area (Å²) in [4.78, 5) is 33.8. The summed E-state index contributed by atoms with van der Waals surface area (Å²) in [5.41, 5.74) is 3.15. The summed E-state index contributed by atoms with van der Waals surface area (Å²) < 4.78 is 0. The molecule has 0 bridgehead atoms. The average molecular weight is 375 g/mol. The highest BCUT2D eigenvalue weighted by Gasteiger charge is 2.22. The monoisotopic (exact) mass is 375 g/mol. The smallest absolute Gasteiger partial charge is 0.321 e. The zero-order valence-corrected chi connectivity index (χ0v) is 15.5. The van der Waals surface area contributed by atoms with Crippen LogP contribution in [0.25, 0.3) is 11.3 Å². The van der Waals surface area contributed by atoms with Gasteiger partial charge in [-0.3, -0.25) is 9.69 Å². The van der Waals surface area contributed by atoms with E-state index in [0.717, 1.165) is 11.3 Å². The van der Waals surface area contributed by atoms with Crippen LogP contribution in [0, 0.1) is 0 Å². The van der Waals surface area contributed by atoms with Gasteiger partial charge in [-0.15, -0.1) is 0 Å². The summed E-state index contributed by atoms with van der Waals surface area (Å²) in [5.74, 6) is 0.467. The normalized spacial score (nSPS) is 14.6. The van der Waals surface area contributed by atoms with Crippen LogP contribution in [0.2, 0.25) is 0 Å². The number of hydrogen-bond acceptors (Lipinski definition) is 3. The van der Waals surface area contributed by atoms with Crippen molar-refractivity contribution >= 4 is 17.6 Å². The molecule has 7 nitrogen and oxygen atoms in total. The van der Waals surface area contributed by atoms with Crippen LogP contribution in [0.3, 0.4) is 0 Å². The first-order valence-electron chi connectivity index (χ1n) is 9.18. The largest absolute Gasteiger partial charge is 0.342 e. The molecule has 0 radical (unpaired) electrons. The summed E-state index contributed by atoms with van der Waals surface area (Å²) in [5, 5.41) is 5.71. The highest BCUT2D eigenvalue weighted by Crippen LogP contribution is 2.21. The third-order valence-corrected chi connectivity index (χ3v) is 4.71. The fourth-order valence-corrected chi connectivity index (χ4v) is 3.20. The molecule has 0 unspecified atom stereocenters. The number of rotatable bonds is 5. The Morgan fingerprint density at radius 2 is 2.00 bits per heavy atom. The van der Waals surface area contributed by atoms with E-state index in [4.69, 9.17) is 0 Å². The molecule has 1 aromatic heterocycles. The van der Waals surface area contributed by atoms with Crippen molar-refractivity contribution in [2.75, 3.05) is 18.0 Å². The Labute approximate surface area is 162 Å². The first-order chi connectivity index (χ1) is 13.6. The number of carbonyl (C=O) groups excluding carboxylic acids is 2. The third-order valence-electron chi connectivity index (χ3n) is 4.71. The summed E-state index contributed by atoms with van der Waals surface area (Å²) >= 11 is 0. The lowest BCUT2D eigenvalue weighted by molar-refractivity contribution is 0.0938. The SMILES string of the molecule is C[C@@H](NC(=O)c1cccc(N2CCNC2=O)c1)c1ncc(-c2ccccc2)[nH]1. The van der Waals surface area contributed by atoms with E-state index < -0.39 is 0 Å². The van der Waals surface area contributed by atoms with Crippen LogP contribution in [0.5, 0.6) is 0 Å². The molecule has 1 fully saturated rings. The number of carbonyl (C=O) groups is 2. The fraction of sp³-hybridized carbons (Fsp3) is 0.190. The third kappa shape index (κ3) is 3.59. The van der Waals surface area contributed by atoms with Crippen molar-refractivity contribution in [3.8, 4) is 11.3 Å². The van der Waals surface area contributed by atoms with Crippen molar-refractivity contribution < 1.29 is 9.59 Å². The number of nitrogens with one attached hydrogen (secondary N) is 3. The number of imidazole rings is 1. The van der Waals surface area contributed by atoms with Crippen LogP contribution < -0.4 is 15.5 Å². The molecule has 1 saturated heterocycles. The van der Waals surface area contributed by atoms with Crippen molar-refractivity contribution in [3.63, 3.8) is 0 Å². The molecular formula is C21H21N5O2. The predicted octanol–water partition coefficient (Wildman–Crippen LogP) is 3.10. The van der Waals surface area contributed by atoms with Crippen LogP contribution in [-0.4, -0.2) is 35.0 Å². The van der Waals surface area contributed by atoms with Gasteiger partial charge in [-0.1, -0.05) is 36.4 Å². The Balaban J connectivity index is 1.46. The Morgan fingerprint density at radius 1 is 1.18 bits per heavy atom. The standard InChI is InChI=1S/C21H21N5O2/c1-14(19-23-13-18(25-19)15-6-3-2-4-7-15)24-20(27)16-8-5-9-17(12-16)26-11-10-22-21(26)28/h2-9,12-14H,10-11H2,1H3,(H,22,28)(H,23,25)(H,24,27)/t14-/m1/s1. The Bertz CT molecular complexity index is 999. The van der Waals surface area contributed by atoms with Gasteiger partial charge in [0.05, 0.1) is 17.9 Å². The van der Waals surface area contributed by atoms with Crippen LogP contribution in [-0.2, 0) is 0 Å². The number of nitrogens with zero attached hydrogens (tertiary/aromatic N) is 2. The van der Waals surface area contributed by atoms with Gasteiger partial charge in [0.2, 0.25) is 0 Å². The second kappa shape index (κ2) is 7.56. The topological polar surface area (TPSA) is 90.1 Å². The number of hydrogen-bond donors (Lipinski definition) is 3. The molecule has 2 heterocycles. The van der Waals surface area contributed by atoms with E-state index in [-0.39, 0.29) is 18.0 Å². The summed E-state index contributed by atoms with van der Waals surface area (Å²) in [6, 6.07) is 16.5. The molecule has 3 N–H and O–H groups in total. The number of amides is 3. The molecule has 4 rings (SSSR count). The quantitative estimate of drug-likeness (QED) is 0.640. The molecule has 1 aliphatic heterocycles. The Morgan fingerprint density at radius 3 is 2.75 bits per heavy atom. The van der Waals surface area contributed by atoms with Gasteiger partial charge in [-0.2, -0.15) is 0 Å². The van der Waals surface area contributed by atoms with Gasteiger partial charge >= 0.3 is 6.03 Å². The number of benzene rings is 2. The molecule has 1 aliphatic rings. The molecular weight excluding hydrogens is 354 g/mol. The van der Waals surface area contributed by atoms with Gasteiger partial charge in [0.1, 0.15) is 5.82 Å². The van der Waals surface area contributed by atoms with Crippen molar-refractivity contribution in [2.45, 2.75) is 13.0 Å². The lowest BCUT2D eigenvalue weighted by atomic mass is 10.1. The minimum absolute atomic E-state index is 0.144. The number of anilines is 1. The van der Waals surface area contributed by atoms with Crippen molar-refractivity contribution in [1.29, 1.82) is 0 Å². The zero-order chi connectivity index (χ0) is 19.5. The fourth-order valence-electron chi connectivity index (χ4n) is 3.20. The van der Waals surface area contributed by atoms with Gasteiger partial charge < -0.3 is 15.6 Å². The van der Waals surface area contributed by atoms with Gasteiger partial charge in [0.25, 0.3) is 5.91 Å². The van der Waals surface area contributed by atoms with Crippen molar-refractivity contribution in [3.05, 3.63) is 72.2 Å². The number of aromatic nitrogens is 2. The maximum atomic E-state index is 12.7. The average Bonchev–Trinajstić information content (AvgIpc) is 3.38. The summed E-state index contributed by atoms with van der Waals surface area (Å²) in [6.07, 6.45) is 1.76. The van der Waals surface area contributed by atoms with Crippen LogP contribution in [0.1, 0.15) is 29.1 Å². The first kappa shape index (κ1) is 17.8. The zero-order valence-electron chi connectivity index (χ0n) is 15.5. The van der Waals surface area contributed by atoms with Gasteiger partial charge in [-0.25, -0.2) is 9.78 Å². The molecule has 142 valence electrons. The molecule has 7 heteroatoms. The Hall–Kier alpha value is -3.61. The maximum absolute atomic E-state index is 12.7. The minimum atomic E-state index is -0.288. The molecule has 0 aliphatic carbocycles. The minimum Gasteiger partial charge on any atom is -0.342 e. The van der Waals surface area contributed by atoms with E-state index in [1.54, 1.807) is 29.3 Å². The van der Waals surface area contributed by atoms with Crippen LogP contribution in [0.4, 0.5) is 10.5 Å². The molecule has 3 aromatic rings. The number of aromatic amines is 1. The summed E-state index contributed by atoms with van der Waals surface area (Å²) in [6.45, 7) is 3.08. The highest BCUT2D eigenvalue weighted by molar-refractivity contribution is 5.98. The van der Waals surface area contributed by atoms with E-state index in [1.165, 1.54) is 0 Å². The number of H-pyrrole nitrogens is 1. The van der Waals surface area contributed by atoms with Crippen LogP contribution in [0.15, 0.2) is 60.8 Å². The predicted molar refractivity (Wildman–Crippen MR) is 107 cm³/mol. The van der Waals surface area contributed by atoms with Gasteiger partial charge in [0, 0.05) is 24.3 Å². The Kier molecular flexibility index (Phi) is 4.80. The second-order valence-electron chi connectivity index (χ2n) is 6.68.